The highest BCUT2D eigenvalue weighted by molar-refractivity contribution is 7.99. The first-order valence-corrected chi connectivity index (χ1v) is 12.2. The van der Waals surface area contributed by atoms with Gasteiger partial charge in [-0.1, -0.05) is 59.3 Å². The van der Waals surface area contributed by atoms with Crippen molar-refractivity contribution in [2.24, 2.45) is 5.10 Å². The summed E-state index contributed by atoms with van der Waals surface area (Å²) in [4.78, 5) is 12.5. The fraction of sp³-hybridized carbons (Fsp3) is 0.185. The highest BCUT2D eigenvalue weighted by Crippen LogP contribution is 2.29. The van der Waals surface area contributed by atoms with E-state index in [1.165, 1.54) is 17.3 Å². The molecular formula is C27H27N5O3S. The summed E-state index contributed by atoms with van der Waals surface area (Å²) in [6.07, 6.45) is 1.55. The maximum absolute atomic E-state index is 12.5. The summed E-state index contributed by atoms with van der Waals surface area (Å²) in [5, 5.41) is 13.5. The predicted octanol–water partition coefficient (Wildman–Crippen LogP) is 4.81. The van der Waals surface area contributed by atoms with Gasteiger partial charge in [0.1, 0.15) is 0 Å². The Morgan fingerprint density at radius 3 is 2.28 bits per heavy atom. The van der Waals surface area contributed by atoms with E-state index in [9.17, 15) is 4.79 Å². The molecule has 1 aromatic heterocycles. The Kier molecular flexibility index (Phi) is 8.02. The third kappa shape index (κ3) is 5.92. The van der Waals surface area contributed by atoms with Gasteiger partial charge in [-0.05, 0) is 49.7 Å². The lowest BCUT2D eigenvalue weighted by molar-refractivity contribution is -0.118. The van der Waals surface area contributed by atoms with Crippen LogP contribution in [0.25, 0.3) is 17.1 Å². The third-order valence-corrected chi connectivity index (χ3v) is 6.31. The van der Waals surface area contributed by atoms with E-state index in [-0.39, 0.29) is 11.7 Å². The molecule has 0 unspecified atom stereocenters. The zero-order valence-corrected chi connectivity index (χ0v) is 21.4. The molecule has 0 aliphatic carbocycles. The van der Waals surface area contributed by atoms with Gasteiger partial charge >= 0.3 is 0 Å². The number of aryl methyl sites for hydroxylation is 2. The number of benzene rings is 3. The molecule has 3 aromatic carbocycles. The molecule has 1 N–H and O–H groups in total. The molecule has 0 saturated carbocycles. The highest BCUT2D eigenvalue weighted by atomic mass is 32.2. The van der Waals surface area contributed by atoms with Crippen molar-refractivity contribution in [3.63, 3.8) is 0 Å². The normalized spacial score (nSPS) is 11.0. The first-order chi connectivity index (χ1) is 17.5. The van der Waals surface area contributed by atoms with E-state index in [1.54, 1.807) is 32.6 Å². The summed E-state index contributed by atoms with van der Waals surface area (Å²) in [5.41, 5.74) is 7.52. The highest BCUT2D eigenvalue weighted by Gasteiger charge is 2.17. The second-order valence-electron chi connectivity index (χ2n) is 8.04. The lowest BCUT2D eigenvalue weighted by Crippen LogP contribution is -2.20. The molecule has 0 fully saturated rings. The number of ether oxygens (including phenoxy) is 2. The molecule has 184 valence electrons. The van der Waals surface area contributed by atoms with E-state index in [2.05, 4.69) is 20.7 Å². The second kappa shape index (κ2) is 11.5. The van der Waals surface area contributed by atoms with Gasteiger partial charge in [-0.2, -0.15) is 5.10 Å². The maximum atomic E-state index is 12.5. The smallest absolute Gasteiger partial charge is 0.250 e. The van der Waals surface area contributed by atoms with Gasteiger partial charge in [0.15, 0.2) is 22.5 Å². The van der Waals surface area contributed by atoms with E-state index in [0.29, 0.717) is 22.5 Å². The van der Waals surface area contributed by atoms with Gasteiger partial charge in [0.2, 0.25) is 0 Å². The van der Waals surface area contributed by atoms with E-state index >= 15 is 0 Å². The minimum atomic E-state index is -0.257. The molecular weight excluding hydrogens is 474 g/mol. The van der Waals surface area contributed by atoms with Crippen LogP contribution in [0.5, 0.6) is 11.5 Å². The topological polar surface area (TPSA) is 90.6 Å². The van der Waals surface area contributed by atoms with Crippen LogP contribution in [0, 0.1) is 13.8 Å². The minimum Gasteiger partial charge on any atom is -0.493 e. The van der Waals surface area contributed by atoms with Gasteiger partial charge in [-0.15, -0.1) is 10.2 Å². The summed E-state index contributed by atoms with van der Waals surface area (Å²) in [6, 6.07) is 21.6. The monoisotopic (exact) mass is 501 g/mol. The number of amides is 1. The Hall–Kier alpha value is -4.11. The second-order valence-corrected chi connectivity index (χ2v) is 8.98. The largest absolute Gasteiger partial charge is 0.493 e. The predicted molar refractivity (Wildman–Crippen MR) is 142 cm³/mol. The van der Waals surface area contributed by atoms with E-state index in [4.69, 9.17) is 9.47 Å². The zero-order chi connectivity index (χ0) is 25.5. The summed E-state index contributed by atoms with van der Waals surface area (Å²) < 4.78 is 12.5. The number of nitrogens with zero attached hydrogens (tertiary/aromatic N) is 4. The molecule has 0 aliphatic heterocycles. The quantitative estimate of drug-likeness (QED) is 0.201. The number of aromatic nitrogens is 3. The van der Waals surface area contributed by atoms with Gasteiger partial charge in [-0.25, -0.2) is 5.43 Å². The van der Waals surface area contributed by atoms with Gasteiger partial charge in [0.25, 0.3) is 5.91 Å². The number of hydrogen-bond acceptors (Lipinski definition) is 7. The summed E-state index contributed by atoms with van der Waals surface area (Å²) in [7, 11) is 3.14. The number of hydrogen-bond donors (Lipinski definition) is 1. The molecule has 8 nitrogen and oxygen atoms in total. The molecule has 4 aromatic rings. The maximum Gasteiger partial charge on any atom is 0.250 e. The molecule has 0 aliphatic rings. The van der Waals surface area contributed by atoms with Crippen LogP contribution in [0.3, 0.4) is 0 Å². The standard InChI is InChI=1S/C27H27N5O3S/c1-18-5-10-21(11-6-18)26-30-31-27(32(26)22-12-7-19(2)8-13-22)36-17-25(33)29-28-16-20-9-14-23(34-3)24(15-20)35-4/h5-16H,17H2,1-4H3,(H,29,33)/b28-16+. The summed E-state index contributed by atoms with van der Waals surface area (Å²) >= 11 is 1.30. The number of hydrazone groups is 1. The van der Waals surface area contributed by atoms with Crippen molar-refractivity contribution in [3.8, 4) is 28.6 Å². The van der Waals surface area contributed by atoms with E-state index in [0.717, 1.165) is 22.4 Å². The lowest BCUT2D eigenvalue weighted by Gasteiger charge is -2.11. The van der Waals surface area contributed by atoms with Gasteiger partial charge < -0.3 is 9.47 Å². The Morgan fingerprint density at radius 1 is 0.944 bits per heavy atom. The molecule has 0 spiro atoms. The zero-order valence-electron chi connectivity index (χ0n) is 20.6. The van der Waals surface area contributed by atoms with Gasteiger partial charge in [-0.3, -0.25) is 9.36 Å². The molecule has 9 heteroatoms. The average molecular weight is 502 g/mol. The minimum absolute atomic E-state index is 0.126. The van der Waals surface area contributed by atoms with Crippen LogP contribution >= 0.6 is 11.8 Å². The molecule has 1 amide bonds. The first kappa shape index (κ1) is 25.0. The van der Waals surface area contributed by atoms with Crippen molar-refractivity contribution in [3.05, 3.63) is 83.4 Å². The number of carbonyl (C=O) groups excluding carboxylic acids is 1. The average Bonchev–Trinajstić information content (AvgIpc) is 3.32. The molecule has 36 heavy (non-hydrogen) atoms. The van der Waals surface area contributed by atoms with Crippen molar-refractivity contribution in [1.29, 1.82) is 0 Å². The van der Waals surface area contributed by atoms with Crippen molar-refractivity contribution in [1.82, 2.24) is 20.2 Å². The van der Waals surface area contributed by atoms with Crippen molar-refractivity contribution in [2.75, 3.05) is 20.0 Å². The van der Waals surface area contributed by atoms with Crippen LogP contribution in [0.4, 0.5) is 0 Å². The van der Waals surface area contributed by atoms with Crippen molar-refractivity contribution in [2.45, 2.75) is 19.0 Å². The van der Waals surface area contributed by atoms with Crippen molar-refractivity contribution >= 4 is 23.9 Å². The molecule has 0 bridgehead atoms. The molecule has 0 saturated heterocycles. The number of methoxy groups -OCH3 is 2. The van der Waals surface area contributed by atoms with Crippen LogP contribution < -0.4 is 14.9 Å². The number of thioether (sulfide) groups is 1. The lowest BCUT2D eigenvalue weighted by atomic mass is 10.1. The van der Waals surface area contributed by atoms with E-state index in [1.807, 2.05) is 73.0 Å². The van der Waals surface area contributed by atoms with Crippen LogP contribution in [0.15, 0.2) is 77.0 Å². The summed E-state index contributed by atoms with van der Waals surface area (Å²) in [5.74, 6) is 1.79. The van der Waals surface area contributed by atoms with Crippen molar-refractivity contribution < 1.29 is 14.3 Å². The fourth-order valence-corrected chi connectivity index (χ4v) is 4.20. The fourth-order valence-electron chi connectivity index (χ4n) is 3.45. The molecule has 0 atom stereocenters. The van der Waals surface area contributed by atoms with Crippen LogP contribution in [0.2, 0.25) is 0 Å². The third-order valence-electron chi connectivity index (χ3n) is 5.38. The number of rotatable bonds is 9. The Morgan fingerprint density at radius 2 is 1.61 bits per heavy atom. The molecule has 0 radical (unpaired) electrons. The van der Waals surface area contributed by atoms with Gasteiger partial charge in [0.05, 0.1) is 26.2 Å². The van der Waals surface area contributed by atoms with Gasteiger partial charge in [0, 0.05) is 11.3 Å². The van der Waals surface area contributed by atoms with E-state index < -0.39 is 0 Å². The Labute approximate surface area is 214 Å². The van der Waals surface area contributed by atoms with Crippen LogP contribution in [-0.2, 0) is 4.79 Å². The van der Waals surface area contributed by atoms with Crippen LogP contribution in [0.1, 0.15) is 16.7 Å². The molecule has 1 heterocycles. The Bertz CT molecular complexity index is 1370. The first-order valence-electron chi connectivity index (χ1n) is 11.2. The van der Waals surface area contributed by atoms with Crippen LogP contribution in [-0.4, -0.2) is 46.9 Å². The number of carbonyl (C=O) groups is 1. The Balaban J connectivity index is 1.48. The molecule has 4 rings (SSSR count). The summed E-state index contributed by atoms with van der Waals surface area (Å²) in [6.45, 7) is 4.08. The SMILES string of the molecule is COc1ccc(/C=N/NC(=O)CSc2nnc(-c3ccc(C)cc3)n2-c2ccc(C)cc2)cc1OC. The number of nitrogens with one attached hydrogen (secondary N) is 1.